The highest BCUT2D eigenvalue weighted by Crippen LogP contribution is 2.52. The van der Waals surface area contributed by atoms with Crippen LogP contribution in [0.2, 0.25) is 0 Å². The van der Waals surface area contributed by atoms with Crippen molar-refractivity contribution in [3.05, 3.63) is 11.7 Å². The molecule has 2 unspecified atom stereocenters. The van der Waals surface area contributed by atoms with E-state index in [0.29, 0.717) is 18.1 Å². The van der Waals surface area contributed by atoms with Gasteiger partial charge in [0.1, 0.15) is 6.04 Å². The number of fused-ring (bicyclic) bond motifs is 1. The van der Waals surface area contributed by atoms with E-state index in [0.717, 1.165) is 31.4 Å². The van der Waals surface area contributed by atoms with Gasteiger partial charge in [0.2, 0.25) is 11.8 Å². The number of amides is 1. The lowest BCUT2D eigenvalue weighted by Gasteiger charge is -2.34. The number of thioether (sulfide) groups is 1. The van der Waals surface area contributed by atoms with Crippen LogP contribution in [0.15, 0.2) is 4.52 Å². The molecule has 1 aromatic heterocycles. The van der Waals surface area contributed by atoms with Crippen LogP contribution >= 0.6 is 11.8 Å². The molecule has 108 valence electrons. The lowest BCUT2D eigenvalue weighted by molar-refractivity contribution is -0.131. The van der Waals surface area contributed by atoms with Crippen LogP contribution in [0.1, 0.15) is 56.8 Å². The lowest BCUT2D eigenvalue weighted by Crippen LogP contribution is -2.44. The average Bonchev–Trinajstić information content (AvgIpc) is 3.04. The summed E-state index contributed by atoms with van der Waals surface area (Å²) in [5, 5.41) is 4.06. The van der Waals surface area contributed by atoms with Gasteiger partial charge >= 0.3 is 0 Å². The molecule has 0 bridgehead atoms. The minimum absolute atomic E-state index is 0.0927. The van der Waals surface area contributed by atoms with Crippen LogP contribution in [0.4, 0.5) is 0 Å². The van der Waals surface area contributed by atoms with Gasteiger partial charge in [-0.3, -0.25) is 4.79 Å². The molecule has 2 atom stereocenters. The monoisotopic (exact) mass is 294 g/mol. The highest BCUT2D eigenvalue weighted by Gasteiger charge is 2.53. The number of carbonyl (C=O) groups excluding carboxylic acids is 1. The summed E-state index contributed by atoms with van der Waals surface area (Å²) >= 11 is 1.80. The second-order valence-electron chi connectivity index (χ2n) is 6.23. The SMILES string of the molecule is CC12CCC(=O)N1C(c1nc(C3(N)CCC3)no1)CS2. The fourth-order valence-electron chi connectivity index (χ4n) is 3.36. The average molecular weight is 294 g/mol. The topological polar surface area (TPSA) is 85.2 Å². The van der Waals surface area contributed by atoms with Gasteiger partial charge in [-0.2, -0.15) is 4.98 Å². The van der Waals surface area contributed by atoms with Crippen molar-refractivity contribution in [3.63, 3.8) is 0 Å². The van der Waals surface area contributed by atoms with Crippen molar-refractivity contribution in [1.29, 1.82) is 0 Å². The third kappa shape index (κ3) is 1.59. The van der Waals surface area contributed by atoms with Gasteiger partial charge in [-0.15, -0.1) is 11.8 Å². The third-order valence-electron chi connectivity index (χ3n) is 4.86. The van der Waals surface area contributed by atoms with E-state index < -0.39 is 5.54 Å². The third-order valence-corrected chi connectivity index (χ3v) is 6.37. The van der Waals surface area contributed by atoms with Gasteiger partial charge in [-0.05, 0) is 32.6 Å². The smallest absolute Gasteiger partial charge is 0.250 e. The van der Waals surface area contributed by atoms with Crippen LogP contribution in [0, 0.1) is 0 Å². The number of nitrogens with zero attached hydrogens (tertiary/aromatic N) is 3. The maximum absolute atomic E-state index is 12.1. The molecule has 7 heteroatoms. The Kier molecular flexibility index (Phi) is 2.51. The molecule has 1 aromatic rings. The molecule has 0 radical (unpaired) electrons. The molecule has 1 amide bonds. The minimum atomic E-state index is -0.411. The molecule has 0 aromatic carbocycles. The van der Waals surface area contributed by atoms with Gasteiger partial charge in [-0.1, -0.05) is 5.16 Å². The number of hydrogen-bond donors (Lipinski definition) is 1. The predicted molar refractivity (Wildman–Crippen MR) is 73.7 cm³/mol. The Balaban J connectivity index is 1.64. The second kappa shape index (κ2) is 3.98. The fourth-order valence-corrected chi connectivity index (χ4v) is 4.78. The summed E-state index contributed by atoms with van der Waals surface area (Å²) < 4.78 is 5.42. The number of rotatable bonds is 2. The lowest BCUT2D eigenvalue weighted by atomic mass is 9.77. The molecule has 1 saturated carbocycles. The van der Waals surface area contributed by atoms with E-state index in [1.807, 2.05) is 4.90 Å². The summed E-state index contributed by atoms with van der Waals surface area (Å²) in [6.45, 7) is 2.12. The molecule has 3 heterocycles. The number of nitrogens with two attached hydrogens (primary N) is 1. The summed E-state index contributed by atoms with van der Waals surface area (Å²) in [6.07, 6.45) is 4.44. The Labute approximate surface area is 121 Å². The van der Waals surface area contributed by atoms with Crippen LogP contribution < -0.4 is 5.73 Å². The molecular formula is C13H18N4O2S. The summed E-state index contributed by atoms with van der Waals surface area (Å²) in [5.41, 5.74) is 5.81. The van der Waals surface area contributed by atoms with Gasteiger partial charge in [0.05, 0.1) is 10.4 Å². The van der Waals surface area contributed by atoms with Crippen molar-refractivity contribution in [2.75, 3.05) is 5.75 Å². The molecule has 3 fully saturated rings. The molecule has 6 nitrogen and oxygen atoms in total. The zero-order valence-corrected chi connectivity index (χ0v) is 12.3. The van der Waals surface area contributed by atoms with Crippen molar-refractivity contribution in [3.8, 4) is 0 Å². The molecule has 3 aliphatic rings. The van der Waals surface area contributed by atoms with E-state index in [-0.39, 0.29) is 16.8 Å². The van der Waals surface area contributed by atoms with E-state index in [2.05, 4.69) is 17.1 Å². The molecule has 4 rings (SSSR count). The van der Waals surface area contributed by atoms with Gasteiger partial charge in [0.15, 0.2) is 5.82 Å². The van der Waals surface area contributed by atoms with Gasteiger partial charge < -0.3 is 15.2 Å². The predicted octanol–water partition coefficient (Wildman–Crippen LogP) is 1.53. The normalized spacial score (nSPS) is 35.2. The second-order valence-corrected chi connectivity index (χ2v) is 7.73. The summed E-state index contributed by atoms with van der Waals surface area (Å²) in [6, 6.07) is -0.0927. The van der Waals surface area contributed by atoms with E-state index in [9.17, 15) is 4.79 Å². The first-order valence-corrected chi connectivity index (χ1v) is 8.10. The number of hydrogen-bond acceptors (Lipinski definition) is 6. The summed E-state index contributed by atoms with van der Waals surface area (Å²) in [7, 11) is 0. The Bertz CT molecular complexity index is 570. The Morgan fingerprint density at radius 1 is 1.45 bits per heavy atom. The van der Waals surface area contributed by atoms with Crippen LogP contribution in [0.5, 0.6) is 0 Å². The minimum Gasteiger partial charge on any atom is -0.337 e. The first-order chi connectivity index (χ1) is 9.52. The Hall–Kier alpha value is -1.08. The van der Waals surface area contributed by atoms with Crippen LogP contribution in [0.25, 0.3) is 0 Å². The molecular weight excluding hydrogens is 276 g/mol. The van der Waals surface area contributed by atoms with Crippen molar-refractivity contribution in [2.24, 2.45) is 5.73 Å². The zero-order chi connectivity index (χ0) is 14.0. The first kappa shape index (κ1) is 12.6. The van der Waals surface area contributed by atoms with Gasteiger partial charge in [0, 0.05) is 12.2 Å². The molecule has 2 aliphatic heterocycles. The zero-order valence-electron chi connectivity index (χ0n) is 11.5. The largest absolute Gasteiger partial charge is 0.337 e. The summed E-state index contributed by atoms with van der Waals surface area (Å²) in [5.74, 6) is 2.15. The van der Waals surface area contributed by atoms with Crippen LogP contribution in [0.3, 0.4) is 0 Å². The van der Waals surface area contributed by atoms with E-state index in [4.69, 9.17) is 10.3 Å². The standard InChI is InChI=1S/C13H18N4O2S/c1-12-6-3-9(18)17(12)8(7-20-12)10-15-11(16-19-10)13(14)4-2-5-13/h8H,2-7,14H2,1H3. The summed E-state index contributed by atoms with van der Waals surface area (Å²) in [4.78, 5) is 18.4. The maximum Gasteiger partial charge on any atom is 0.250 e. The quantitative estimate of drug-likeness (QED) is 0.890. The number of carbonyl (C=O) groups is 1. The molecule has 2 saturated heterocycles. The van der Waals surface area contributed by atoms with E-state index in [1.165, 1.54) is 0 Å². The molecule has 0 spiro atoms. The highest BCUT2D eigenvalue weighted by atomic mass is 32.2. The highest BCUT2D eigenvalue weighted by molar-refractivity contribution is 8.00. The van der Waals surface area contributed by atoms with Gasteiger partial charge in [-0.25, -0.2) is 0 Å². The Morgan fingerprint density at radius 3 is 2.95 bits per heavy atom. The van der Waals surface area contributed by atoms with Crippen LogP contribution in [-0.4, -0.2) is 31.6 Å². The van der Waals surface area contributed by atoms with Crippen molar-refractivity contribution in [2.45, 2.75) is 55.5 Å². The first-order valence-electron chi connectivity index (χ1n) is 7.11. The van der Waals surface area contributed by atoms with E-state index in [1.54, 1.807) is 11.8 Å². The van der Waals surface area contributed by atoms with Crippen molar-refractivity contribution < 1.29 is 9.32 Å². The van der Waals surface area contributed by atoms with Crippen molar-refractivity contribution in [1.82, 2.24) is 15.0 Å². The van der Waals surface area contributed by atoms with Gasteiger partial charge in [0.25, 0.3) is 0 Å². The molecule has 20 heavy (non-hydrogen) atoms. The fraction of sp³-hybridized carbons (Fsp3) is 0.769. The van der Waals surface area contributed by atoms with E-state index >= 15 is 0 Å². The van der Waals surface area contributed by atoms with Crippen molar-refractivity contribution >= 4 is 17.7 Å². The number of aromatic nitrogens is 2. The maximum atomic E-state index is 12.1. The van der Waals surface area contributed by atoms with Crippen LogP contribution in [-0.2, 0) is 10.3 Å². The Morgan fingerprint density at radius 2 is 2.25 bits per heavy atom. The molecule has 2 N–H and O–H groups in total. The molecule has 1 aliphatic carbocycles.